The number of nitrogens with one attached hydrogen (secondary N) is 2. The third kappa shape index (κ3) is 5.55. The number of carbonyl (C=O) groups is 2. The van der Waals surface area contributed by atoms with Crippen molar-refractivity contribution in [3.8, 4) is 0 Å². The summed E-state index contributed by atoms with van der Waals surface area (Å²) in [7, 11) is 1.46. The number of amides is 2. The van der Waals surface area contributed by atoms with Crippen molar-refractivity contribution < 1.29 is 27.5 Å². The Morgan fingerprint density at radius 3 is 2.48 bits per heavy atom. The summed E-state index contributed by atoms with van der Waals surface area (Å²) >= 11 is 0. The molecular formula is C15H19F3N2O3. The summed E-state index contributed by atoms with van der Waals surface area (Å²) in [5, 5.41) is 4.36. The summed E-state index contributed by atoms with van der Waals surface area (Å²) in [4.78, 5) is 23.5. The monoisotopic (exact) mass is 332 g/mol. The summed E-state index contributed by atoms with van der Waals surface area (Å²) in [6.07, 6.45) is 2.35. The lowest BCUT2D eigenvalue weighted by Crippen LogP contribution is -2.44. The number of methoxy groups -OCH3 is 1. The molecule has 0 saturated heterocycles. The van der Waals surface area contributed by atoms with Gasteiger partial charge in [0.15, 0.2) is 17.5 Å². The predicted octanol–water partition coefficient (Wildman–Crippen LogP) is 2.36. The number of hydrogen-bond donors (Lipinski definition) is 2. The van der Waals surface area contributed by atoms with E-state index in [1.54, 1.807) is 0 Å². The topological polar surface area (TPSA) is 67.4 Å². The molecule has 8 heteroatoms. The number of hydrogen-bond acceptors (Lipinski definition) is 3. The van der Waals surface area contributed by atoms with Crippen molar-refractivity contribution in [3.63, 3.8) is 0 Å². The first-order chi connectivity index (χ1) is 10.9. The summed E-state index contributed by atoms with van der Waals surface area (Å²) < 4.78 is 44.3. The van der Waals surface area contributed by atoms with Crippen molar-refractivity contribution in [2.24, 2.45) is 0 Å². The summed E-state index contributed by atoms with van der Waals surface area (Å²) in [6.45, 7) is 2.20. The standard InChI is InChI=1S/C15H19F3N2O3/c1-3-4-5-9(8-23-2)19-14(21)15(22)20-11-7-6-10(16)12(17)13(11)18/h6-7,9H,3-5,8H2,1-2H3,(H,19,21)(H,20,22)/t9-/m1/s1. The molecule has 0 spiro atoms. The van der Waals surface area contributed by atoms with Crippen LogP contribution in [0.15, 0.2) is 12.1 Å². The van der Waals surface area contributed by atoms with E-state index in [1.165, 1.54) is 7.11 Å². The zero-order chi connectivity index (χ0) is 17.4. The summed E-state index contributed by atoms with van der Waals surface area (Å²) in [5.41, 5.74) is -0.610. The van der Waals surface area contributed by atoms with Crippen molar-refractivity contribution in [1.29, 1.82) is 0 Å². The number of unbranched alkanes of at least 4 members (excludes halogenated alkanes) is 1. The molecule has 0 aromatic heterocycles. The zero-order valence-corrected chi connectivity index (χ0v) is 12.9. The molecule has 0 heterocycles. The summed E-state index contributed by atoms with van der Waals surface area (Å²) in [6, 6.07) is 1.12. The lowest BCUT2D eigenvalue weighted by Gasteiger charge is -2.17. The Bertz CT molecular complexity index is 567. The van der Waals surface area contributed by atoms with Crippen molar-refractivity contribution in [2.45, 2.75) is 32.2 Å². The average Bonchev–Trinajstić information content (AvgIpc) is 2.53. The van der Waals surface area contributed by atoms with Gasteiger partial charge < -0.3 is 15.4 Å². The molecule has 5 nitrogen and oxygen atoms in total. The van der Waals surface area contributed by atoms with Crippen molar-refractivity contribution in [3.05, 3.63) is 29.6 Å². The van der Waals surface area contributed by atoms with Gasteiger partial charge in [-0.05, 0) is 18.6 Å². The Balaban J connectivity index is 2.69. The van der Waals surface area contributed by atoms with Gasteiger partial charge in [-0.25, -0.2) is 13.2 Å². The lowest BCUT2D eigenvalue weighted by atomic mass is 10.1. The molecule has 0 fully saturated rings. The van der Waals surface area contributed by atoms with Gasteiger partial charge in [0.2, 0.25) is 0 Å². The van der Waals surface area contributed by atoms with Gasteiger partial charge in [-0.3, -0.25) is 9.59 Å². The molecule has 128 valence electrons. The molecule has 1 aromatic carbocycles. The fraction of sp³-hybridized carbons (Fsp3) is 0.467. The first-order valence-corrected chi connectivity index (χ1v) is 7.15. The highest BCUT2D eigenvalue weighted by Crippen LogP contribution is 2.19. The minimum absolute atomic E-state index is 0.221. The molecule has 0 radical (unpaired) electrons. The second-order valence-corrected chi connectivity index (χ2v) is 4.94. The van der Waals surface area contributed by atoms with Gasteiger partial charge in [-0.1, -0.05) is 19.8 Å². The van der Waals surface area contributed by atoms with Crippen LogP contribution in [0.4, 0.5) is 18.9 Å². The summed E-state index contributed by atoms with van der Waals surface area (Å²) in [5.74, 6) is -6.85. The van der Waals surface area contributed by atoms with Gasteiger partial charge in [-0.15, -0.1) is 0 Å². The van der Waals surface area contributed by atoms with Crippen LogP contribution in [-0.4, -0.2) is 31.6 Å². The van der Waals surface area contributed by atoms with Crippen LogP contribution in [0.25, 0.3) is 0 Å². The van der Waals surface area contributed by atoms with Gasteiger partial charge in [0, 0.05) is 7.11 Å². The molecule has 2 amide bonds. The maximum atomic E-state index is 13.5. The molecule has 1 rings (SSSR count). The number of benzene rings is 1. The van der Waals surface area contributed by atoms with Crippen LogP contribution in [0, 0.1) is 17.5 Å². The molecule has 23 heavy (non-hydrogen) atoms. The van der Waals surface area contributed by atoms with Crippen LogP contribution in [-0.2, 0) is 14.3 Å². The van der Waals surface area contributed by atoms with Crippen LogP contribution in [0.5, 0.6) is 0 Å². The van der Waals surface area contributed by atoms with Crippen LogP contribution in [0.1, 0.15) is 26.2 Å². The van der Waals surface area contributed by atoms with Crippen LogP contribution in [0.3, 0.4) is 0 Å². The number of anilines is 1. The van der Waals surface area contributed by atoms with Crippen LogP contribution < -0.4 is 10.6 Å². The van der Waals surface area contributed by atoms with Gasteiger partial charge in [0.25, 0.3) is 0 Å². The molecule has 1 atom stereocenters. The maximum absolute atomic E-state index is 13.5. The Kier molecular flexibility index (Phi) is 7.53. The minimum atomic E-state index is -1.72. The van der Waals surface area contributed by atoms with E-state index in [0.29, 0.717) is 12.5 Å². The normalized spacial score (nSPS) is 11.9. The van der Waals surface area contributed by atoms with Gasteiger partial charge >= 0.3 is 11.8 Å². The van der Waals surface area contributed by atoms with Crippen molar-refractivity contribution >= 4 is 17.5 Å². The molecule has 1 aromatic rings. The number of ether oxygens (including phenoxy) is 1. The largest absolute Gasteiger partial charge is 0.383 e. The van der Waals surface area contributed by atoms with Crippen molar-refractivity contribution in [1.82, 2.24) is 5.32 Å². The SMILES string of the molecule is CCCC[C@H](COC)NC(=O)C(=O)Nc1ccc(F)c(F)c1F. The zero-order valence-electron chi connectivity index (χ0n) is 12.9. The first-order valence-electron chi connectivity index (χ1n) is 7.15. The van der Waals surface area contributed by atoms with Crippen LogP contribution >= 0.6 is 0 Å². The molecule has 0 unspecified atom stereocenters. The number of halogens is 3. The van der Waals surface area contributed by atoms with E-state index < -0.39 is 35.0 Å². The number of carbonyl (C=O) groups excluding carboxylic acids is 2. The number of rotatable bonds is 7. The molecule has 0 aliphatic rings. The van der Waals surface area contributed by atoms with Gasteiger partial charge in [0.05, 0.1) is 18.3 Å². The second kappa shape index (κ2) is 9.14. The van der Waals surface area contributed by atoms with E-state index in [1.807, 2.05) is 12.2 Å². The highest BCUT2D eigenvalue weighted by atomic mass is 19.2. The molecular weight excluding hydrogens is 313 g/mol. The van der Waals surface area contributed by atoms with E-state index in [-0.39, 0.29) is 12.6 Å². The van der Waals surface area contributed by atoms with Crippen molar-refractivity contribution in [2.75, 3.05) is 19.0 Å². The highest BCUT2D eigenvalue weighted by Gasteiger charge is 2.21. The molecule has 2 N–H and O–H groups in total. The Labute approximate surface area is 132 Å². The van der Waals surface area contributed by atoms with Gasteiger partial charge in [0.1, 0.15) is 0 Å². The third-order valence-corrected chi connectivity index (χ3v) is 3.10. The molecule has 0 aliphatic heterocycles. The first kappa shape index (κ1) is 19.0. The van der Waals surface area contributed by atoms with E-state index in [2.05, 4.69) is 5.32 Å². The second-order valence-electron chi connectivity index (χ2n) is 4.94. The highest BCUT2D eigenvalue weighted by molar-refractivity contribution is 6.39. The van der Waals surface area contributed by atoms with Crippen LogP contribution in [0.2, 0.25) is 0 Å². The van der Waals surface area contributed by atoms with E-state index in [4.69, 9.17) is 4.74 Å². The Morgan fingerprint density at radius 2 is 1.87 bits per heavy atom. The Hall–Kier alpha value is -2.09. The van der Waals surface area contributed by atoms with E-state index in [9.17, 15) is 22.8 Å². The third-order valence-electron chi connectivity index (χ3n) is 3.10. The average molecular weight is 332 g/mol. The fourth-order valence-electron chi connectivity index (χ4n) is 1.90. The molecule has 0 bridgehead atoms. The lowest BCUT2D eigenvalue weighted by molar-refractivity contribution is -0.136. The molecule has 0 saturated carbocycles. The smallest absolute Gasteiger partial charge is 0.313 e. The van der Waals surface area contributed by atoms with E-state index in [0.717, 1.165) is 18.9 Å². The maximum Gasteiger partial charge on any atom is 0.313 e. The Morgan fingerprint density at radius 1 is 1.17 bits per heavy atom. The fourth-order valence-corrected chi connectivity index (χ4v) is 1.90. The molecule has 0 aliphatic carbocycles. The van der Waals surface area contributed by atoms with Gasteiger partial charge in [-0.2, -0.15) is 0 Å². The van der Waals surface area contributed by atoms with E-state index >= 15 is 0 Å². The predicted molar refractivity (Wildman–Crippen MR) is 78.3 cm³/mol. The minimum Gasteiger partial charge on any atom is -0.383 e. The quantitative estimate of drug-likeness (QED) is 0.595.